The molecule has 1 N–H and O–H groups in total. The van der Waals surface area contributed by atoms with Gasteiger partial charge in [0.05, 0.1) is 0 Å². The lowest BCUT2D eigenvalue weighted by molar-refractivity contribution is -0.111. The van der Waals surface area contributed by atoms with E-state index in [2.05, 4.69) is 50.0 Å². The van der Waals surface area contributed by atoms with Crippen LogP contribution in [0.3, 0.4) is 0 Å². The second-order valence-corrected chi connectivity index (χ2v) is 6.36. The molecule has 2 aromatic carbocycles. The van der Waals surface area contributed by atoms with Crippen molar-refractivity contribution < 1.29 is 4.79 Å². The summed E-state index contributed by atoms with van der Waals surface area (Å²) in [5.74, 6) is 0.393. The number of hydrogen-bond acceptors (Lipinski definition) is 2. The highest BCUT2D eigenvalue weighted by Gasteiger charge is 2.03. The molecule has 0 saturated heterocycles. The van der Waals surface area contributed by atoms with E-state index in [-0.39, 0.29) is 5.91 Å². The first-order chi connectivity index (χ1) is 12.0. The Morgan fingerprint density at radius 2 is 1.60 bits per heavy atom. The van der Waals surface area contributed by atoms with Crippen molar-refractivity contribution in [3.05, 3.63) is 65.7 Å². The predicted octanol–water partition coefficient (Wildman–Crippen LogP) is 5.31. The first-order valence-corrected chi connectivity index (χ1v) is 8.97. The van der Waals surface area contributed by atoms with Crippen molar-refractivity contribution in [3.8, 4) is 0 Å². The molecule has 2 rings (SSSR count). The Labute approximate surface area is 151 Å². The molecule has 0 unspecified atom stereocenters. The Morgan fingerprint density at radius 3 is 2.12 bits per heavy atom. The monoisotopic (exact) mass is 336 g/mol. The smallest absolute Gasteiger partial charge is 0.248 e. The number of nitrogens with zero attached hydrogens (tertiary/aromatic N) is 1. The van der Waals surface area contributed by atoms with Crippen molar-refractivity contribution in [3.63, 3.8) is 0 Å². The Bertz CT molecular complexity index is 696. The maximum Gasteiger partial charge on any atom is 0.248 e. The number of benzene rings is 2. The minimum atomic E-state index is -0.122. The Morgan fingerprint density at radius 1 is 1.00 bits per heavy atom. The van der Waals surface area contributed by atoms with E-state index < -0.39 is 0 Å². The normalized spacial score (nSPS) is 11.1. The van der Waals surface area contributed by atoms with Crippen LogP contribution >= 0.6 is 0 Å². The average molecular weight is 336 g/mol. The summed E-state index contributed by atoms with van der Waals surface area (Å²) < 4.78 is 0. The number of rotatable bonds is 7. The molecule has 0 spiro atoms. The molecule has 0 bridgehead atoms. The topological polar surface area (TPSA) is 32.3 Å². The van der Waals surface area contributed by atoms with Gasteiger partial charge in [0.25, 0.3) is 0 Å². The largest absolute Gasteiger partial charge is 0.372 e. The molecular formula is C22H28N2O. The van der Waals surface area contributed by atoms with E-state index in [0.717, 1.165) is 24.3 Å². The summed E-state index contributed by atoms with van der Waals surface area (Å²) in [5, 5.41) is 2.90. The van der Waals surface area contributed by atoms with Gasteiger partial charge in [0.1, 0.15) is 0 Å². The molecule has 0 aliphatic carbocycles. The Balaban J connectivity index is 1.95. The highest BCUT2D eigenvalue weighted by Crippen LogP contribution is 2.18. The van der Waals surface area contributed by atoms with Crippen LogP contribution in [0.4, 0.5) is 11.4 Å². The molecule has 0 atom stereocenters. The zero-order valence-corrected chi connectivity index (χ0v) is 15.6. The summed E-state index contributed by atoms with van der Waals surface area (Å²) >= 11 is 0. The van der Waals surface area contributed by atoms with Crippen molar-refractivity contribution in [2.45, 2.75) is 33.6 Å². The molecule has 0 fully saturated rings. The minimum Gasteiger partial charge on any atom is -0.372 e. The van der Waals surface area contributed by atoms with Crippen molar-refractivity contribution in [2.75, 3.05) is 23.3 Å². The van der Waals surface area contributed by atoms with E-state index in [4.69, 9.17) is 0 Å². The second kappa shape index (κ2) is 9.07. The molecule has 0 aromatic heterocycles. The maximum atomic E-state index is 12.1. The fourth-order valence-corrected chi connectivity index (χ4v) is 2.69. The third kappa shape index (κ3) is 5.49. The molecule has 132 valence electrons. The number of hydrogen-bond donors (Lipinski definition) is 1. The molecule has 3 nitrogen and oxygen atoms in total. The van der Waals surface area contributed by atoms with E-state index in [1.807, 2.05) is 42.5 Å². The molecule has 0 radical (unpaired) electrons. The summed E-state index contributed by atoms with van der Waals surface area (Å²) in [6, 6.07) is 16.2. The van der Waals surface area contributed by atoms with Gasteiger partial charge < -0.3 is 10.2 Å². The van der Waals surface area contributed by atoms with E-state index in [1.54, 1.807) is 6.08 Å². The second-order valence-electron chi connectivity index (χ2n) is 6.36. The first kappa shape index (κ1) is 18.8. The van der Waals surface area contributed by atoms with Crippen LogP contribution in [0.15, 0.2) is 54.6 Å². The number of nitrogens with one attached hydrogen (secondary N) is 1. The van der Waals surface area contributed by atoms with Crippen LogP contribution in [0.1, 0.15) is 44.7 Å². The van der Waals surface area contributed by atoms with Crippen LogP contribution in [0.5, 0.6) is 0 Å². The van der Waals surface area contributed by atoms with E-state index in [9.17, 15) is 4.79 Å². The summed E-state index contributed by atoms with van der Waals surface area (Å²) in [6.45, 7) is 10.6. The number of anilines is 2. The fraction of sp³-hybridized carbons (Fsp3) is 0.318. The lowest BCUT2D eigenvalue weighted by atomic mass is 10.0. The predicted molar refractivity (Wildman–Crippen MR) is 108 cm³/mol. The average Bonchev–Trinajstić information content (AvgIpc) is 2.63. The SMILES string of the molecule is CCN(CC)c1ccc(NC(=O)/C=C/c2ccc(C(C)C)cc2)cc1. The van der Waals surface area contributed by atoms with Gasteiger partial charge in [-0.1, -0.05) is 38.1 Å². The van der Waals surface area contributed by atoms with Gasteiger partial charge in [-0.25, -0.2) is 0 Å². The van der Waals surface area contributed by atoms with Gasteiger partial charge in [0.2, 0.25) is 5.91 Å². The number of amides is 1. The van der Waals surface area contributed by atoms with Crippen LogP contribution in [-0.2, 0) is 4.79 Å². The Hall–Kier alpha value is -2.55. The van der Waals surface area contributed by atoms with Gasteiger partial charge in [0, 0.05) is 30.5 Å². The molecule has 0 aliphatic rings. The van der Waals surface area contributed by atoms with Crippen LogP contribution in [0, 0.1) is 0 Å². The summed E-state index contributed by atoms with van der Waals surface area (Å²) in [4.78, 5) is 14.4. The van der Waals surface area contributed by atoms with Gasteiger partial charge >= 0.3 is 0 Å². The zero-order chi connectivity index (χ0) is 18.2. The molecule has 3 heteroatoms. The highest BCUT2D eigenvalue weighted by atomic mass is 16.1. The van der Waals surface area contributed by atoms with Gasteiger partial charge in [0.15, 0.2) is 0 Å². The molecule has 0 saturated carbocycles. The molecule has 2 aromatic rings. The van der Waals surface area contributed by atoms with Gasteiger partial charge in [-0.3, -0.25) is 4.79 Å². The summed E-state index contributed by atoms with van der Waals surface area (Å²) in [5.41, 5.74) is 4.30. The lowest BCUT2D eigenvalue weighted by Gasteiger charge is -2.21. The fourth-order valence-electron chi connectivity index (χ4n) is 2.69. The summed E-state index contributed by atoms with van der Waals surface area (Å²) in [6.07, 6.45) is 3.41. The molecular weight excluding hydrogens is 308 g/mol. The minimum absolute atomic E-state index is 0.122. The molecule has 0 heterocycles. The van der Waals surface area contributed by atoms with Crippen LogP contribution in [-0.4, -0.2) is 19.0 Å². The standard InChI is InChI=1S/C22H28N2O/c1-5-24(6-2)21-14-12-20(13-15-21)23-22(25)16-9-18-7-10-19(11-8-18)17(3)4/h7-17H,5-6H2,1-4H3,(H,23,25)/b16-9+. The van der Waals surface area contributed by atoms with Crippen molar-refractivity contribution in [1.29, 1.82) is 0 Å². The molecule has 0 aliphatic heterocycles. The van der Waals surface area contributed by atoms with Crippen LogP contribution in [0.2, 0.25) is 0 Å². The highest BCUT2D eigenvalue weighted by molar-refractivity contribution is 6.02. The molecule has 1 amide bonds. The third-order valence-corrected chi connectivity index (χ3v) is 4.29. The quantitative estimate of drug-likeness (QED) is 0.695. The summed E-state index contributed by atoms with van der Waals surface area (Å²) in [7, 11) is 0. The number of carbonyl (C=O) groups is 1. The van der Waals surface area contributed by atoms with Gasteiger partial charge in [-0.2, -0.15) is 0 Å². The van der Waals surface area contributed by atoms with Crippen LogP contribution in [0.25, 0.3) is 6.08 Å². The number of carbonyl (C=O) groups excluding carboxylic acids is 1. The van der Waals surface area contributed by atoms with Crippen molar-refractivity contribution >= 4 is 23.4 Å². The van der Waals surface area contributed by atoms with Crippen molar-refractivity contribution in [2.24, 2.45) is 0 Å². The Kier molecular flexibility index (Phi) is 6.81. The van der Waals surface area contributed by atoms with E-state index in [0.29, 0.717) is 5.92 Å². The van der Waals surface area contributed by atoms with Crippen LogP contribution < -0.4 is 10.2 Å². The molecule has 25 heavy (non-hydrogen) atoms. The van der Waals surface area contributed by atoms with E-state index >= 15 is 0 Å². The van der Waals surface area contributed by atoms with E-state index in [1.165, 1.54) is 11.3 Å². The zero-order valence-electron chi connectivity index (χ0n) is 15.6. The van der Waals surface area contributed by atoms with Gasteiger partial charge in [-0.05, 0) is 61.2 Å². The van der Waals surface area contributed by atoms with Crippen molar-refractivity contribution in [1.82, 2.24) is 0 Å². The van der Waals surface area contributed by atoms with Gasteiger partial charge in [-0.15, -0.1) is 0 Å². The lowest BCUT2D eigenvalue weighted by Crippen LogP contribution is -2.21. The first-order valence-electron chi connectivity index (χ1n) is 8.97. The maximum absolute atomic E-state index is 12.1. The third-order valence-electron chi connectivity index (χ3n) is 4.29.